The van der Waals surface area contributed by atoms with Gasteiger partial charge in [0.25, 0.3) is 0 Å². The molecule has 4 aliphatic carbocycles. The number of H-pyrrole nitrogens is 1. The molecule has 2 aromatic carbocycles. The topological polar surface area (TPSA) is 106 Å². The van der Waals surface area contributed by atoms with E-state index < -0.39 is 11.6 Å². The number of rotatable bonds is 9. The molecule has 1 heterocycles. The normalized spacial score (nSPS) is 27.9. The molecule has 3 aromatic rings. The van der Waals surface area contributed by atoms with Crippen molar-refractivity contribution in [2.75, 3.05) is 0 Å². The minimum absolute atomic E-state index is 0. The summed E-state index contributed by atoms with van der Waals surface area (Å²) in [6, 6.07) is 18.6. The van der Waals surface area contributed by atoms with Crippen LogP contribution in [0.25, 0.3) is 10.9 Å². The van der Waals surface area contributed by atoms with E-state index in [1.54, 1.807) is 0 Å². The Labute approximate surface area is 225 Å². The van der Waals surface area contributed by atoms with E-state index in [-0.39, 0.29) is 17.7 Å². The summed E-state index contributed by atoms with van der Waals surface area (Å²) < 4.78 is 6.18. The lowest BCUT2D eigenvalue weighted by molar-refractivity contribution is -0.0983. The van der Waals surface area contributed by atoms with Gasteiger partial charge in [0.15, 0.2) is 0 Å². The molecule has 0 saturated heterocycles. The zero-order valence-corrected chi connectivity index (χ0v) is 22.4. The summed E-state index contributed by atoms with van der Waals surface area (Å²) in [7, 11) is 0. The van der Waals surface area contributed by atoms with Crippen molar-refractivity contribution in [2.24, 2.45) is 23.7 Å². The van der Waals surface area contributed by atoms with Gasteiger partial charge in [-0.3, -0.25) is 0 Å². The van der Waals surface area contributed by atoms with Crippen LogP contribution in [0.15, 0.2) is 60.8 Å². The molecule has 204 valence electrons. The molecular weight excluding hydrogens is 476 g/mol. The summed E-state index contributed by atoms with van der Waals surface area (Å²) in [4.78, 5) is 16.7. The summed E-state index contributed by atoms with van der Waals surface area (Å²) in [5, 5.41) is 15.8. The molecule has 7 rings (SSSR count). The molecule has 1 aromatic heterocycles. The molecule has 0 spiro atoms. The SMILES string of the molecule is CC(Cc1c[nH]c2ccccc12)(NC(=O)OC1C2CC3CC(C2)CC1C3)C(O)CCCc1ccccc1.O. The number of nitrogens with one attached hydrogen (secondary N) is 2. The quantitative estimate of drug-likeness (QED) is 0.344. The Morgan fingerprint density at radius 3 is 2.39 bits per heavy atom. The number of aromatic nitrogens is 1. The third kappa shape index (κ3) is 5.48. The number of carbonyl (C=O) groups is 1. The number of alkyl carbamates (subject to hydrolysis) is 1. The van der Waals surface area contributed by atoms with Crippen LogP contribution < -0.4 is 5.32 Å². The minimum atomic E-state index is -0.843. The van der Waals surface area contributed by atoms with Crippen LogP contribution in [0, 0.1) is 23.7 Å². The Hall–Kier alpha value is -2.83. The monoisotopic (exact) mass is 518 g/mol. The van der Waals surface area contributed by atoms with E-state index in [4.69, 9.17) is 4.74 Å². The van der Waals surface area contributed by atoms with E-state index in [0.717, 1.165) is 41.1 Å². The second-order valence-electron chi connectivity index (χ2n) is 12.3. The van der Waals surface area contributed by atoms with E-state index in [1.165, 1.54) is 37.7 Å². The summed E-state index contributed by atoms with van der Waals surface area (Å²) in [5.41, 5.74) is 2.58. The smallest absolute Gasteiger partial charge is 0.407 e. The first-order chi connectivity index (χ1) is 18.0. The maximum atomic E-state index is 13.4. The summed E-state index contributed by atoms with van der Waals surface area (Å²) >= 11 is 0. The number of aliphatic hydroxyl groups is 1. The second-order valence-corrected chi connectivity index (χ2v) is 12.3. The van der Waals surface area contributed by atoms with Crippen LogP contribution >= 0.6 is 0 Å². The molecule has 6 nitrogen and oxygen atoms in total. The lowest BCUT2D eigenvalue weighted by Crippen LogP contribution is -2.58. The molecule has 4 fully saturated rings. The molecule has 2 unspecified atom stereocenters. The maximum absolute atomic E-state index is 13.4. The van der Waals surface area contributed by atoms with Gasteiger partial charge < -0.3 is 25.6 Å². The standard InChI is InChI=1S/C32H40N2O3.H2O/c1-32(19-26-20-33-28-12-6-5-11-27(26)28,29(35)13-7-10-21-8-3-2-4-9-21)34-31(36)37-30-24-15-22-14-23(17-24)18-25(30)16-22;/h2-6,8-9,11-12,20,22-25,29-30,33,35H,7,10,13-19H2,1H3,(H,34,36);1H2. The van der Waals surface area contributed by atoms with Crippen LogP contribution in [0.4, 0.5) is 4.79 Å². The van der Waals surface area contributed by atoms with Crippen molar-refractivity contribution in [1.29, 1.82) is 0 Å². The van der Waals surface area contributed by atoms with Crippen molar-refractivity contribution < 1.29 is 20.1 Å². The van der Waals surface area contributed by atoms with Crippen molar-refractivity contribution in [3.63, 3.8) is 0 Å². The van der Waals surface area contributed by atoms with Crippen LogP contribution in [0.2, 0.25) is 0 Å². The van der Waals surface area contributed by atoms with Crippen LogP contribution in [0.5, 0.6) is 0 Å². The first-order valence-electron chi connectivity index (χ1n) is 14.2. The van der Waals surface area contributed by atoms with Gasteiger partial charge in [0, 0.05) is 17.1 Å². The van der Waals surface area contributed by atoms with Gasteiger partial charge in [0.1, 0.15) is 6.10 Å². The Balaban J connectivity index is 0.00000294. The van der Waals surface area contributed by atoms with Crippen molar-refractivity contribution in [2.45, 2.75) is 82.5 Å². The molecular formula is C32H42N2O4. The Kier molecular flexibility index (Phi) is 7.83. The zero-order valence-electron chi connectivity index (χ0n) is 22.4. The third-order valence-electron chi connectivity index (χ3n) is 9.52. The molecule has 1 amide bonds. The summed E-state index contributed by atoms with van der Waals surface area (Å²) in [6.07, 6.45) is 10.1. The number of fused-ring (bicyclic) bond motifs is 1. The summed E-state index contributed by atoms with van der Waals surface area (Å²) in [6.45, 7) is 1.97. The second kappa shape index (κ2) is 11.1. The van der Waals surface area contributed by atoms with E-state index >= 15 is 0 Å². The van der Waals surface area contributed by atoms with Gasteiger partial charge in [-0.1, -0.05) is 48.5 Å². The molecule has 4 saturated carbocycles. The molecule has 0 aliphatic heterocycles. The predicted octanol–water partition coefficient (Wildman–Crippen LogP) is 5.58. The number of ether oxygens (including phenoxy) is 1. The Morgan fingerprint density at radius 1 is 1.03 bits per heavy atom. The number of carbonyl (C=O) groups excluding carboxylic acids is 1. The maximum Gasteiger partial charge on any atom is 0.407 e. The van der Waals surface area contributed by atoms with Crippen LogP contribution in [0.3, 0.4) is 0 Å². The highest BCUT2D eigenvalue weighted by atomic mass is 16.6. The first kappa shape index (κ1) is 26.8. The molecule has 4 bridgehead atoms. The molecule has 6 heteroatoms. The highest BCUT2D eigenvalue weighted by molar-refractivity contribution is 5.83. The van der Waals surface area contributed by atoms with Gasteiger partial charge in [-0.15, -0.1) is 0 Å². The highest BCUT2D eigenvalue weighted by Gasteiger charge is 2.50. The van der Waals surface area contributed by atoms with Crippen LogP contribution in [0.1, 0.15) is 63.0 Å². The average Bonchev–Trinajstić information content (AvgIpc) is 3.29. The first-order valence-corrected chi connectivity index (χ1v) is 14.2. The van der Waals surface area contributed by atoms with Crippen molar-refractivity contribution in [3.8, 4) is 0 Å². The number of hydrogen-bond donors (Lipinski definition) is 3. The Bertz CT molecular complexity index is 1200. The summed E-state index contributed by atoms with van der Waals surface area (Å²) in [5.74, 6) is 2.70. The van der Waals surface area contributed by atoms with Gasteiger partial charge in [-0.2, -0.15) is 0 Å². The lowest BCUT2D eigenvalue weighted by Gasteiger charge is -2.53. The number of para-hydroxylation sites is 1. The fraction of sp³-hybridized carbons (Fsp3) is 0.531. The largest absolute Gasteiger partial charge is 0.446 e. The van der Waals surface area contributed by atoms with Crippen LogP contribution in [-0.2, 0) is 17.6 Å². The molecule has 38 heavy (non-hydrogen) atoms. The fourth-order valence-corrected chi connectivity index (χ4v) is 7.84. The van der Waals surface area contributed by atoms with Crippen LogP contribution in [-0.4, -0.2) is 39.4 Å². The van der Waals surface area contributed by atoms with E-state index in [0.29, 0.717) is 24.7 Å². The number of amides is 1. The molecule has 4 aliphatic rings. The van der Waals surface area contributed by atoms with Crippen molar-refractivity contribution in [3.05, 3.63) is 71.9 Å². The van der Waals surface area contributed by atoms with Gasteiger partial charge in [-0.05, 0) is 106 Å². The lowest BCUT2D eigenvalue weighted by atomic mass is 9.55. The number of benzene rings is 2. The van der Waals surface area contributed by atoms with E-state index in [2.05, 4.69) is 46.7 Å². The van der Waals surface area contributed by atoms with Gasteiger partial charge in [-0.25, -0.2) is 4.79 Å². The van der Waals surface area contributed by atoms with Crippen molar-refractivity contribution in [1.82, 2.24) is 10.3 Å². The Morgan fingerprint density at radius 2 is 1.68 bits per heavy atom. The average molecular weight is 519 g/mol. The number of aromatic amines is 1. The van der Waals surface area contributed by atoms with Gasteiger partial charge in [0.2, 0.25) is 0 Å². The number of aryl methyl sites for hydroxylation is 1. The van der Waals surface area contributed by atoms with Gasteiger partial charge >= 0.3 is 6.09 Å². The van der Waals surface area contributed by atoms with Gasteiger partial charge in [0.05, 0.1) is 11.6 Å². The zero-order chi connectivity index (χ0) is 25.4. The number of hydrogen-bond acceptors (Lipinski definition) is 3. The number of aliphatic hydroxyl groups excluding tert-OH is 1. The molecule has 0 radical (unpaired) electrons. The molecule has 5 N–H and O–H groups in total. The van der Waals surface area contributed by atoms with Crippen molar-refractivity contribution >= 4 is 17.0 Å². The fourth-order valence-electron chi connectivity index (χ4n) is 7.84. The third-order valence-corrected chi connectivity index (χ3v) is 9.52. The predicted molar refractivity (Wildman–Crippen MR) is 150 cm³/mol. The van der Waals surface area contributed by atoms with E-state index in [1.807, 2.05) is 31.3 Å². The minimum Gasteiger partial charge on any atom is -0.446 e. The molecule has 2 atom stereocenters. The van der Waals surface area contributed by atoms with E-state index in [9.17, 15) is 9.90 Å². The highest BCUT2D eigenvalue weighted by Crippen LogP contribution is 2.54.